The molecule has 0 atom stereocenters. The van der Waals surface area contributed by atoms with E-state index in [0.717, 1.165) is 33.9 Å². The number of rotatable bonds is 5. The summed E-state index contributed by atoms with van der Waals surface area (Å²) in [5.74, 6) is 0. The van der Waals surface area contributed by atoms with Gasteiger partial charge < -0.3 is 0 Å². The number of hydrogen-bond acceptors (Lipinski definition) is 2. The monoisotopic (exact) mass is 398 g/mol. The second-order valence-corrected chi connectivity index (χ2v) is 7.50. The molecule has 1 heterocycles. The Kier molecular flexibility index (Phi) is 4.75. The molecule has 0 fully saturated rings. The van der Waals surface area contributed by atoms with E-state index in [0.29, 0.717) is 11.2 Å². The van der Waals surface area contributed by atoms with Crippen molar-refractivity contribution in [2.45, 2.75) is 5.54 Å². The molecule has 5 aromatic rings. The van der Waals surface area contributed by atoms with E-state index in [1.807, 2.05) is 77.5 Å². The van der Waals surface area contributed by atoms with Gasteiger partial charge in [0, 0.05) is 5.39 Å². The van der Waals surface area contributed by atoms with Crippen LogP contribution in [0.15, 0.2) is 109 Å². The molecule has 0 aliphatic carbocycles. The highest BCUT2D eigenvalue weighted by Gasteiger charge is 2.40. The van der Waals surface area contributed by atoms with Crippen molar-refractivity contribution < 1.29 is 4.79 Å². The topological polar surface area (TPSA) is 34.9 Å². The molecule has 1 aromatic heterocycles. The van der Waals surface area contributed by atoms with Gasteiger partial charge in [-0.15, -0.1) is 0 Å². The average molecular weight is 398 g/mol. The zero-order chi connectivity index (χ0) is 21.3. The van der Waals surface area contributed by atoms with Gasteiger partial charge in [-0.05, 0) is 22.8 Å². The zero-order valence-electron chi connectivity index (χ0n) is 16.8. The van der Waals surface area contributed by atoms with Crippen LogP contribution in [0.2, 0.25) is 0 Å². The van der Waals surface area contributed by atoms with Crippen LogP contribution < -0.4 is 5.46 Å². The second kappa shape index (κ2) is 7.73. The number of aromatic nitrogens is 2. The Balaban J connectivity index is 1.99. The van der Waals surface area contributed by atoms with Gasteiger partial charge in [-0.2, -0.15) is 5.10 Å². The van der Waals surface area contributed by atoms with Crippen LogP contribution in [0.25, 0.3) is 10.9 Å². The molecule has 0 saturated carbocycles. The number of benzene rings is 4. The SMILES string of the molecule is [B]c1ccc2c(c1)c(C=O)nn2C(c1ccccc1)(c1ccccc1)c1ccccc1. The minimum atomic E-state index is -0.778. The lowest BCUT2D eigenvalue weighted by Gasteiger charge is -2.37. The molecule has 4 aromatic carbocycles. The van der Waals surface area contributed by atoms with Gasteiger partial charge in [0.25, 0.3) is 0 Å². The summed E-state index contributed by atoms with van der Waals surface area (Å²) in [4.78, 5) is 12.0. The highest BCUT2D eigenvalue weighted by atomic mass is 16.1. The lowest BCUT2D eigenvalue weighted by molar-refractivity contribution is 0.111. The Hall–Kier alpha value is -3.92. The van der Waals surface area contributed by atoms with Crippen molar-refractivity contribution in [3.05, 3.63) is 132 Å². The molecule has 0 saturated heterocycles. The van der Waals surface area contributed by atoms with E-state index in [2.05, 4.69) is 36.4 Å². The van der Waals surface area contributed by atoms with Crippen LogP contribution in [0, 0.1) is 0 Å². The molecule has 0 aliphatic rings. The van der Waals surface area contributed by atoms with Crippen molar-refractivity contribution in [3.63, 3.8) is 0 Å². The van der Waals surface area contributed by atoms with Crippen LogP contribution in [0.5, 0.6) is 0 Å². The summed E-state index contributed by atoms with van der Waals surface area (Å²) in [6, 6.07) is 36.4. The Morgan fingerprint density at radius 3 is 1.65 bits per heavy atom. The molecular formula is C27H19BN2O. The van der Waals surface area contributed by atoms with E-state index in [-0.39, 0.29) is 0 Å². The summed E-state index contributed by atoms with van der Waals surface area (Å²) in [5, 5.41) is 5.58. The third kappa shape index (κ3) is 2.99. The maximum atomic E-state index is 12.0. The summed E-state index contributed by atoms with van der Waals surface area (Å²) in [5.41, 5.74) is 4.17. The van der Waals surface area contributed by atoms with Crippen molar-refractivity contribution in [3.8, 4) is 0 Å². The Morgan fingerprint density at radius 1 is 0.710 bits per heavy atom. The molecule has 4 heteroatoms. The Bertz CT molecular complexity index is 1250. The van der Waals surface area contributed by atoms with Crippen LogP contribution >= 0.6 is 0 Å². The third-order valence-corrected chi connectivity index (χ3v) is 5.74. The number of carbonyl (C=O) groups is 1. The molecule has 2 radical (unpaired) electrons. The van der Waals surface area contributed by atoms with Crippen molar-refractivity contribution in [2.75, 3.05) is 0 Å². The van der Waals surface area contributed by atoms with Gasteiger partial charge in [0.15, 0.2) is 6.29 Å². The van der Waals surface area contributed by atoms with Gasteiger partial charge in [-0.3, -0.25) is 4.79 Å². The minimum Gasteiger partial charge on any atom is -0.296 e. The van der Waals surface area contributed by atoms with E-state index in [1.54, 1.807) is 0 Å². The molecule has 0 spiro atoms. The van der Waals surface area contributed by atoms with Gasteiger partial charge in [-0.25, -0.2) is 4.68 Å². The third-order valence-electron chi connectivity index (χ3n) is 5.74. The van der Waals surface area contributed by atoms with Gasteiger partial charge in [0.2, 0.25) is 0 Å². The number of fused-ring (bicyclic) bond motifs is 1. The number of aldehydes is 1. The highest BCUT2D eigenvalue weighted by molar-refractivity contribution is 6.33. The summed E-state index contributed by atoms with van der Waals surface area (Å²) >= 11 is 0. The summed E-state index contributed by atoms with van der Waals surface area (Å²) < 4.78 is 1.96. The van der Waals surface area contributed by atoms with E-state index < -0.39 is 5.54 Å². The first-order valence-electron chi connectivity index (χ1n) is 10.2. The second-order valence-electron chi connectivity index (χ2n) is 7.50. The van der Waals surface area contributed by atoms with Crippen LogP contribution in [0.1, 0.15) is 27.2 Å². The Labute approximate surface area is 182 Å². The standard InChI is InChI=1S/C27H19BN2O/c28-23-16-17-26-24(18-23)25(19-31)29-30(26)27(20-10-4-1-5-11-20,21-12-6-2-7-13-21)22-14-8-3-9-15-22/h1-19H. The van der Waals surface area contributed by atoms with Crippen LogP contribution in [0.4, 0.5) is 0 Å². The molecule has 0 N–H and O–H groups in total. The van der Waals surface area contributed by atoms with Crippen molar-refractivity contribution >= 4 is 30.5 Å². The van der Waals surface area contributed by atoms with E-state index in [9.17, 15) is 4.79 Å². The normalized spacial score (nSPS) is 11.5. The fraction of sp³-hybridized carbons (Fsp3) is 0.0370. The predicted molar refractivity (Wildman–Crippen MR) is 125 cm³/mol. The van der Waals surface area contributed by atoms with Crippen LogP contribution in [-0.4, -0.2) is 23.9 Å². The molecule has 5 rings (SSSR count). The smallest absolute Gasteiger partial charge is 0.170 e. The highest BCUT2D eigenvalue weighted by Crippen LogP contribution is 2.42. The van der Waals surface area contributed by atoms with Gasteiger partial charge in [0.1, 0.15) is 19.1 Å². The first-order chi connectivity index (χ1) is 15.2. The molecule has 146 valence electrons. The quantitative estimate of drug-likeness (QED) is 0.249. The minimum absolute atomic E-state index is 0.370. The summed E-state index contributed by atoms with van der Waals surface area (Å²) in [7, 11) is 6.05. The average Bonchev–Trinajstić information content (AvgIpc) is 3.20. The van der Waals surface area contributed by atoms with E-state index in [4.69, 9.17) is 12.9 Å². The molecular weight excluding hydrogens is 379 g/mol. The fourth-order valence-corrected chi connectivity index (χ4v) is 4.41. The Morgan fingerprint density at radius 2 is 1.19 bits per heavy atom. The molecule has 0 bridgehead atoms. The van der Waals surface area contributed by atoms with Gasteiger partial charge in [-0.1, -0.05) is 109 Å². The lowest BCUT2D eigenvalue weighted by Crippen LogP contribution is -2.38. The maximum Gasteiger partial charge on any atom is 0.170 e. The number of carbonyl (C=O) groups excluding carboxylic acids is 1. The summed E-state index contributed by atoms with van der Waals surface area (Å²) in [6.45, 7) is 0. The molecule has 0 aliphatic heterocycles. The predicted octanol–water partition coefficient (Wildman–Crippen LogP) is 4.48. The van der Waals surface area contributed by atoms with Gasteiger partial charge in [0.05, 0.1) is 5.52 Å². The van der Waals surface area contributed by atoms with Crippen molar-refractivity contribution in [1.29, 1.82) is 0 Å². The molecule has 0 amide bonds. The lowest BCUT2D eigenvalue weighted by atomic mass is 9.77. The molecule has 3 nitrogen and oxygen atoms in total. The fourth-order valence-electron chi connectivity index (χ4n) is 4.41. The van der Waals surface area contributed by atoms with Crippen LogP contribution in [-0.2, 0) is 5.54 Å². The van der Waals surface area contributed by atoms with Crippen molar-refractivity contribution in [2.24, 2.45) is 0 Å². The first-order valence-corrected chi connectivity index (χ1v) is 10.2. The van der Waals surface area contributed by atoms with E-state index in [1.165, 1.54) is 0 Å². The van der Waals surface area contributed by atoms with Gasteiger partial charge >= 0.3 is 0 Å². The number of hydrogen-bond donors (Lipinski definition) is 0. The maximum absolute atomic E-state index is 12.0. The largest absolute Gasteiger partial charge is 0.296 e. The molecule has 0 unspecified atom stereocenters. The van der Waals surface area contributed by atoms with Crippen LogP contribution in [0.3, 0.4) is 0 Å². The zero-order valence-corrected chi connectivity index (χ0v) is 16.8. The summed E-state index contributed by atoms with van der Waals surface area (Å²) in [6.07, 6.45) is 0.796. The number of nitrogens with zero attached hydrogens (tertiary/aromatic N) is 2. The van der Waals surface area contributed by atoms with Crippen molar-refractivity contribution in [1.82, 2.24) is 9.78 Å². The van der Waals surface area contributed by atoms with E-state index >= 15 is 0 Å². The molecule has 31 heavy (non-hydrogen) atoms. The first kappa shape index (κ1) is 19.1.